The van der Waals surface area contributed by atoms with E-state index in [0.29, 0.717) is 17.2 Å². The summed E-state index contributed by atoms with van der Waals surface area (Å²) < 4.78 is 15.6. The van der Waals surface area contributed by atoms with Gasteiger partial charge >= 0.3 is 5.97 Å². The van der Waals surface area contributed by atoms with Crippen molar-refractivity contribution < 1.29 is 28.6 Å². The van der Waals surface area contributed by atoms with Gasteiger partial charge in [-0.15, -0.1) is 0 Å². The van der Waals surface area contributed by atoms with Crippen LogP contribution in [-0.2, 0) is 19.2 Å². The van der Waals surface area contributed by atoms with Gasteiger partial charge in [0.25, 0.3) is 5.91 Å². The van der Waals surface area contributed by atoms with Crippen LogP contribution in [0.1, 0.15) is 26.3 Å². The number of esters is 1. The lowest BCUT2D eigenvalue weighted by atomic mass is 10.1. The number of oxime groups is 1. The van der Waals surface area contributed by atoms with Crippen molar-refractivity contribution in [3.05, 3.63) is 54.1 Å². The maximum Gasteiger partial charge on any atom is 0.347 e. The average Bonchev–Trinajstić information content (AvgIpc) is 3.20. The SMILES string of the molecule is C/C(=N\OCC(=O)OCC(=O)N(c1ccccc1)C(C)C)c1ccc2c(c1)OCO2. The minimum absolute atomic E-state index is 0.0798. The standard InChI is InChI=1S/C22H24N2O6/c1-15(2)24(18-7-5-4-6-8-18)21(25)12-27-22(26)13-30-23-16(3)17-9-10-19-20(11-17)29-14-28-19/h4-11,15H,12-14H2,1-3H3/b23-16+. The molecule has 8 nitrogen and oxygen atoms in total. The van der Waals surface area contributed by atoms with Crippen LogP contribution in [-0.4, -0.2) is 43.6 Å². The maximum absolute atomic E-state index is 12.5. The largest absolute Gasteiger partial charge is 0.454 e. The molecule has 1 heterocycles. The van der Waals surface area contributed by atoms with Crippen LogP contribution in [0.15, 0.2) is 53.7 Å². The molecule has 0 atom stereocenters. The molecule has 0 aliphatic carbocycles. The second kappa shape index (κ2) is 9.78. The highest BCUT2D eigenvalue weighted by Crippen LogP contribution is 2.32. The normalized spacial score (nSPS) is 12.6. The van der Waals surface area contributed by atoms with E-state index in [1.165, 1.54) is 0 Å². The maximum atomic E-state index is 12.5. The number of rotatable bonds is 8. The lowest BCUT2D eigenvalue weighted by molar-refractivity contribution is -0.152. The Morgan fingerprint density at radius 1 is 1.07 bits per heavy atom. The predicted octanol–water partition coefficient (Wildman–Crippen LogP) is 3.14. The summed E-state index contributed by atoms with van der Waals surface area (Å²) in [5, 5.41) is 3.92. The number of benzene rings is 2. The van der Waals surface area contributed by atoms with E-state index in [2.05, 4.69) is 5.16 Å². The fourth-order valence-corrected chi connectivity index (χ4v) is 2.93. The third-order valence-corrected chi connectivity index (χ3v) is 4.35. The van der Waals surface area contributed by atoms with E-state index in [1.807, 2.05) is 50.2 Å². The third-order valence-electron chi connectivity index (χ3n) is 4.35. The van der Waals surface area contributed by atoms with Crippen molar-refractivity contribution in [2.45, 2.75) is 26.8 Å². The lowest BCUT2D eigenvalue weighted by Crippen LogP contribution is -2.40. The monoisotopic (exact) mass is 412 g/mol. The molecule has 2 aromatic carbocycles. The van der Waals surface area contributed by atoms with Gasteiger partial charge in [-0.2, -0.15) is 0 Å². The minimum Gasteiger partial charge on any atom is -0.454 e. The van der Waals surface area contributed by atoms with E-state index < -0.39 is 12.6 Å². The van der Waals surface area contributed by atoms with Gasteiger partial charge < -0.3 is 23.9 Å². The fraction of sp³-hybridized carbons (Fsp3) is 0.318. The first kappa shape index (κ1) is 21.2. The topological polar surface area (TPSA) is 86.7 Å². The Morgan fingerprint density at radius 2 is 1.80 bits per heavy atom. The van der Waals surface area contributed by atoms with E-state index >= 15 is 0 Å². The van der Waals surface area contributed by atoms with Crippen molar-refractivity contribution in [3.8, 4) is 11.5 Å². The van der Waals surface area contributed by atoms with Crippen LogP contribution in [0.3, 0.4) is 0 Å². The molecule has 1 aliphatic heterocycles. The van der Waals surface area contributed by atoms with Crippen LogP contribution in [0, 0.1) is 0 Å². The molecule has 8 heteroatoms. The Morgan fingerprint density at radius 3 is 2.53 bits per heavy atom. The van der Waals surface area contributed by atoms with Crippen LogP contribution in [0.5, 0.6) is 11.5 Å². The second-order valence-electron chi connectivity index (χ2n) is 6.87. The van der Waals surface area contributed by atoms with E-state index in [9.17, 15) is 9.59 Å². The van der Waals surface area contributed by atoms with Gasteiger partial charge in [0.2, 0.25) is 13.4 Å². The highest BCUT2D eigenvalue weighted by atomic mass is 16.7. The summed E-state index contributed by atoms with van der Waals surface area (Å²) in [6.07, 6.45) is 0. The molecular weight excluding hydrogens is 388 g/mol. The summed E-state index contributed by atoms with van der Waals surface area (Å²) >= 11 is 0. The minimum atomic E-state index is -0.678. The van der Waals surface area contributed by atoms with Gasteiger partial charge in [-0.25, -0.2) is 4.79 Å². The van der Waals surface area contributed by atoms with Gasteiger partial charge in [0.15, 0.2) is 18.1 Å². The van der Waals surface area contributed by atoms with Crippen molar-refractivity contribution >= 4 is 23.3 Å². The molecule has 158 valence electrons. The van der Waals surface area contributed by atoms with Gasteiger partial charge in [0.1, 0.15) is 0 Å². The van der Waals surface area contributed by atoms with Crippen molar-refractivity contribution in [2.24, 2.45) is 5.16 Å². The van der Waals surface area contributed by atoms with Crippen LogP contribution < -0.4 is 14.4 Å². The van der Waals surface area contributed by atoms with Gasteiger partial charge in [-0.1, -0.05) is 23.4 Å². The van der Waals surface area contributed by atoms with Crippen molar-refractivity contribution in [1.29, 1.82) is 0 Å². The number of amides is 1. The molecule has 0 bridgehead atoms. The Hall–Kier alpha value is -3.55. The lowest BCUT2D eigenvalue weighted by Gasteiger charge is -2.26. The molecule has 0 spiro atoms. The third kappa shape index (κ3) is 5.28. The molecule has 3 rings (SSSR count). The molecule has 0 unspecified atom stereocenters. The number of ether oxygens (including phenoxy) is 3. The molecule has 0 fully saturated rings. The summed E-state index contributed by atoms with van der Waals surface area (Å²) in [5.74, 6) is 0.312. The molecule has 1 amide bonds. The van der Waals surface area contributed by atoms with Crippen LogP contribution >= 0.6 is 0 Å². The number of carbonyl (C=O) groups excluding carboxylic acids is 2. The second-order valence-corrected chi connectivity index (χ2v) is 6.87. The van der Waals surface area contributed by atoms with Crippen LogP contribution in [0.25, 0.3) is 0 Å². The Kier molecular flexibility index (Phi) is 6.90. The smallest absolute Gasteiger partial charge is 0.347 e. The van der Waals surface area contributed by atoms with E-state index in [1.54, 1.807) is 24.0 Å². The molecule has 2 aromatic rings. The van der Waals surface area contributed by atoms with Gasteiger partial charge in [-0.3, -0.25) is 4.79 Å². The molecule has 30 heavy (non-hydrogen) atoms. The van der Waals surface area contributed by atoms with Gasteiger partial charge in [0.05, 0.1) is 5.71 Å². The van der Waals surface area contributed by atoms with Crippen molar-refractivity contribution in [2.75, 3.05) is 24.9 Å². The Bertz CT molecular complexity index is 926. The van der Waals surface area contributed by atoms with Crippen molar-refractivity contribution in [1.82, 2.24) is 0 Å². The van der Waals surface area contributed by atoms with Crippen LogP contribution in [0.2, 0.25) is 0 Å². The van der Waals surface area contributed by atoms with E-state index in [4.69, 9.17) is 19.0 Å². The summed E-state index contributed by atoms with van der Waals surface area (Å²) in [7, 11) is 0. The zero-order valence-electron chi connectivity index (χ0n) is 17.2. The molecule has 0 radical (unpaired) electrons. The number of anilines is 1. The van der Waals surface area contributed by atoms with Gasteiger partial charge in [0, 0.05) is 17.3 Å². The molecule has 0 N–H and O–H groups in total. The number of fused-ring (bicyclic) bond motifs is 1. The predicted molar refractivity (Wildman–Crippen MR) is 111 cm³/mol. The number of hydrogen-bond acceptors (Lipinski definition) is 7. The highest BCUT2D eigenvalue weighted by molar-refractivity contribution is 5.99. The zero-order valence-corrected chi connectivity index (χ0v) is 17.2. The molecule has 0 aromatic heterocycles. The summed E-state index contributed by atoms with van der Waals surface area (Å²) in [4.78, 5) is 31.1. The molecule has 0 saturated carbocycles. The Balaban J connectivity index is 1.48. The average molecular weight is 412 g/mol. The number of carbonyl (C=O) groups is 2. The van der Waals surface area contributed by atoms with E-state index in [-0.39, 0.29) is 25.3 Å². The zero-order chi connectivity index (χ0) is 21.5. The van der Waals surface area contributed by atoms with E-state index in [0.717, 1.165) is 11.3 Å². The molecular formula is C22H24N2O6. The van der Waals surface area contributed by atoms with Crippen molar-refractivity contribution in [3.63, 3.8) is 0 Å². The first-order valence-electron chi connectivity index (χ1n) is 9.55. The quantitative estimate of drug-likeness (QED) is 0.376. The first-order chi connectivity index (χ1) is 14.5. The Labute approximate surface area is 175 Å². The summed E-state index contributed by atoms with van der Waals surface area (Å²) in [6, 6.07) is 14.5. The van der Waals surface area contributed by atoms with Gasteiger partial charge in [-0.05, 0) is 51.1 Å². The molecule has 1 aliphatic rings. The first-order valence-corrected chi connectivity index (χ1v) is 9.55. The fourth-order valence-electron chi connectivity index (χ4n) is 2.93. The number of para-hydroxylation sites is 1. The number of nitrogens with zero attached hydrogens (tertiary/aromatic N) is 2. The summed E-state index contributed by atoms with van der Waals surface area (Å²) in [6.45, 7) is 4.94. The molecule has 0 saturated heterocycles. The number of hydrogen-bond donors (Lipinski definition) is 0. The van der Waals surface area contributed by atoms with Crippen LogP contribution in [0.4, 0.5) is 5.69 Å². The highest BCUT2D eigenvalue weighted by Gasteiger charge is 2.20. The summed E-state index contributed by atoms with van der Waals surface area (Å²) in [5.41, 5.74) is 2.08.